The van der Waals surface area contributed by atoms with Crippen LogP contribution in [0.3, 0.4) is 0 Å². The molecule has 2 saturated heterocycles. The summed E-state index contributed by atoms with van der Waals surface area (Å²) in [7, 11) is 2.13. The molecule has 3 aliphatic rings. The number of nitrogens with zero attached hydrogens (tertiary/aromatic N) is 1. The van der Waals surface area contributed by atoms with Crippen molar-refractivity contribution in [2.45, 2.75) is 25.3 Å². The Balaban J connectivity index is 1.84. The molecule has 1 N–H and O–H groups in total. The second-order valence-corrected chi connectivity index (χ2v) is 4.85. The van der Waals surface area contributed by atoms with Crippen LogP contribution in [0.15, 0.2) is 0 Å². The van der Waals surface area contributed by atoms with Crippen LogP contribution in [0.1, 0.15) is 19.3 Å². The molecule has 2 heteroatoms. The largest absolute Gasteiger partial charge is 0.313 e. The Morgan fingerprint density at radius 1 is 1.50 bits per heavy atom. The molecular weight excluding hydrogens is 172 g/mol. The van der Waals surface area contributed by atoms with Crippen LogP contribution in [0, 0.1) is 24.2 Å². The zero-order valence-corrected chi connectivity index (χ0v) is 9.00. The molecule has 3 unspecified atom stereocenters. The SMILES string of the molecule is C#CCN(C)CC1CC2CCC1NC2. The lowest BCUT2D eigenvalue weighted by molar-refractivity contribution is 0.111. The lowest BCUT2D eigenvalue weighted by Gasteiger charge is -2.44. The number of hydrogen-bond donors (Lipinski definition) is 1. The van der Waals surface area contributed by atoms with Gasteiger partial charge in [-0.3, -0.25) is 4.90 Å². The Labute approximate surface area is 87.1 Å². The minimum absolute atomic E-state index is 0.764. The molecule has 2 nitrogen and oxygen atoms in total. The van der Waals surface area contributed by atoms with Gasteiger partial charge in [-0.05, 0) is 44.7 Å². The molecule has 1 saturated carbocycles. The van der Waals surface area contributed by atoms with E-state index in [0.717, 1.165) is 24.4 Å². The van der Waals surface area contributed by atoms with Crippen molar-refractivity contribution in [2.75, 3.05) is 26.7 Å². The first-order valence-corrected chi connectivity index (χ1v) is 5.65. The van der Waals surface area contributed by atoms with E-state index in [4.69, 9.17) is 6.42 Å². The Morgan fingerprint density at radius 3 is 2.86 bits per heavy atom. The molecule has 0 radical (unpaired) electrons. The average Bonchev–Trinajstić information content (AvgIpc) is 2.19. The molecule has 0 amide bonds. The van der Waals surface area contributed by atoms with Crippen LogP contribution in [0.25, 0.3) is 0 Å². The fourth-order valence-corrected chi connectivity index (χ4v) is 2.96. The van der Waals surface area contributed by atoms with Crippen LogP contribution < -0.4 is 5.32 Å². The van der Waals surface area contributed by atoms with E-state index < -0.39 is 0 Å². The number of nitrogens with one attached hydrogen (secondary N) is 1. The van der Waals surface area contributed by atoms with Crippen LogP contribution in [-0.4, -0.2) is 37.6 Å². The van der Waals surface area contributed by atoms with Crippen LogP contribution in [0.4, 0.5) is 0 Å². The third kappa shape index (κ3) is 2.10. The summed E-state index contributed by atoms with van der Waals surface area (Å²) in [5.41, 5.74) is 0. The third-order valence-electron chi connectivity index (χ3n) is 3.67. The van der Waals surface area contributed by atoms with E-state index in [0.29, 0.717) is 0 Å². The van der Waals surface area contributed by atoms with Gasteiger partial charge in [-0.2, -0.15) is 0 Å². The van der Waals surface area contributed by atoms with Crippen molar-refractivity contribution in [3.05, 3.63) is 0 Å². The Hall–Kier alpha value is -0.520. The Bertz CT molecular complexity index is 223. The third-order valence-corrected chi connectivity index (χ3v) is 3.67. The molecule has 0 aromatic heterocycles. The molecule has 0 aromatic carbocycles. The summed E-state index contributed by atoms with van der Waals surface area (Å²) in [5, 5.41) is 3.64. The quantitative estimate of drug-likeness (QED) is 0.670. The smallest absolute Gasteiger partial charge is 0.0596 e. The van der Waals surface area contributed by atoms with Crippen LogP contribution >= 0.6 is 0 Å². The van der Waals surface area contributed by atoms with E-state index in [2.05, 4.69) is 23.2 Å². The van der Waals surface area contributed by atoms with Gasteiger partial charge in [-0.25, -0.2) is 0 Å². The van der Waals surface area contributed by atoms with Gasteiger partial charge < -0.3 is 5.32 Å². The van der Waals surface area contributed by atoms with Gasteiger partial charge in [0.05, 0.1) is 6.54 Å². The highest BCUT2D eigenvalue weighted by molar-refractivity contribution is 4.94. The van der Waals surface area contributed by atoms with Gasteiger partial charge in [0.1, 0.15) is 0 Å². The van der Waals surface area contributed by atoms with Crippen LogP contribution in [-0.2, 0) is 0 Å². The van der Waals surface area contributed by atoms with Crippen molar-refractivity contribution in [1.82, 2.24) is 10.2 Å². The van der Waals surface area contributed by atoms with E-state index in [1.807, 2.05) is 0 Å². The van der Waals surface area contributed by atoms with Gasteiger partial charge in [-0.1, -0.05) is 5.92 Å². The zero-order valence-electron chi connectivity index (χ0n) is 9.00. The van der Waals surface area contributed by atoms with E-state index >= 15 is 0 Å². The molecule has 3 fully saturated rings. The van der Waals surface area contributed by atoms with Crippen molar-refractivity contribution >= 4 is 0 Å². The summed E-state index contributed by atoms with van der Waals surface area (Å²) in [5.74, 6) is 4.48. The minimum atomic E-state index is 0.764. The molecule has 2 bridgehead atoms. The summed E-state index contributed by atoms with van der Waals surface area (Å²) in [6, 6.07) is 0.764. The first-order valence-electron chi connectivity index (χ1n) is 5.65. The van der Waals surface area contributed by atoms with Gasteiger partial charge >= 0.3 is 0 Å². The fraction of sp³-hybridized carbons (Fsp3) is 0.833. The monoisotopic (exact) mass is 192 g/mol. The standard InChI is InChI=1S/C12H20N2/c1-3-6-14(2)9-11-7-10-4-5-12(11)13-8-10/h1,10-13H,4-9H2,2H3. The second-order valence-electron chi connectivity index (χ2n) is 4.85. The maximum Gasteiger partial charge on any atom is 0.0596 e. The zero-order chi connectivity index (χ0) is 9.97. The summed E-state index contributed by atoms with van der Waals surface area (Å²) in [6.45, 7) is 3.20. The van der Waals surface area contributed by atoms with E-state index in [-0.39, 0.29) is 0 Å². The van der Waals surface area contributed by atoms with Gasteiger partial charge in [0.15, 0.2) is 0 Å². The summed E-state index contributed by atoms with van der Waals surface area (Å²) in [6.07, 6.45) is 9.52. The number of rotatable bonds is 3. The highest BCUT2D eigenvalue weighted by Crippen LogP contribution is 2.33. The first kappa shape index (κ1) is 10.0. The molecular formula is C12H20N2. The predicted octanol–water partition coefficient (Wildman–Crippen LogP) is 0.940. The number of hydrogen-bond acceptors (Lipinski definition) is 2. The van der Waals surface area contributed by atoms with Crippen molar-refractivity contribution < 1.29 is 0 Å². The molecule has 14 heavy (non-hydrogen) atoms. The van der Waals surface area contributed by atoms with E-state index in [9.17, 15) is 0 Å². The maximum atomic E-state index is 5.30. The first-order chi connectivity index (χ1) is 6.79. The topological polar surface area (TPSA) is 15.3 Å². The predicted molar refractivity (Wildman–Crippen MR) is 59.0 cm³/mol. The highest BCUT2D eigenvalue weighted by Gasteiger charge is 2.35. The Morgan fingerprint density at radius 2 is 2.36 bits per heavy atom. The number of piperidine rings is 2. The van der Waals surface area contributed by atoms with Crippen molar-refractivity contribution in [2.24, 2.45) is 11.8 Å². The second kappa shape index (κ2) is 4.33. The van der Waals surface area contributed by atoms with Gasteiger partial charge in [-0.15, -0.1) is 6.42 Å². The maximum absolute atomic E-state index is 5.30. The lowest BCUT2D eigenvalue weighted by Crippen LogP contribution is -2.52. The molecule has 1 aliphatic carbocycles. The Kier molecular flexibility index (Phi) is 3.10. The van der Waals surface area contributed by atoms with Crippen molar-refractivity contribution in [3.8, 4) is 12.3 Å². The molecule has 78 valence electrons. The molecule has 3 rings (SSSR count). The van der Waals surface area contributed by atoms with Crippen molar-refractivity contribution in [3.63, 3.8) is 0 Å². The van der Waals surface area contributed by atoms with Crippen LogP contribution in [0.2, 0.25) is 0 Å². The molecule has 0 aromatic rings. The fourth-order valence-electron chi connectivity index (χ4n) is 2.96. The molecule has 2 heterocycles. The number of terminal acetylenes is 1. The van der Waals surface area contributed by atoms with Gasteiger partial charge in [0.25, 0.3) is 0 Å². The lowest BCUT2D eigenvalue weighted by atomic mass is 9.74. The van der Waals surface area contributed by atoms with E-state index in [1.165, 1.54) is 32.4 Å². The van der Waals surface area contributed by atoms with Gasteiger partial charge in [0, 0.05) is 12.6 Å². The number of fused-ring (bicyclic) bond motifs is 3. The minimum Gasteiger partial charge on any atom is -0.313 e. The summed E-state index contributed by atoms with van der Waals surface area (Å²) in [4.78, 5) is 2.27. The molecule has 3 atom stereocenters. The highest BCUT2D eigenvalue weighted by atomic mass is 15.1. The molecule has 0 spiro atoms. The average molecular weight is 192 g/mol. The van der Waals surface area contributed by atoms with E-state index in [1.54, 1.807) is 0 Å². The van der Waals surface area contributed by atoms with Crippen LogP contribution in [0.5, 0.6) is 0 Å². The van der Waals surface area contributed by atoms with Gasteiger partial charge in [0.2, 0.25) is 0 Å². The molecule has 2 aliphatic heterocycles. The normalized spacial score (nSPS) is 35.9. The van der Waals surface area contributed by atoms with Crippen molar-refractivity contribution in [1.29, 1.82) is 0 Å². The summed E-state index contributed by atoms with van der Waals surface area (Å²) >= 11 is 0. The summed E-state index contributed by atoms with van der Waals surface area (Å²) < 4.78 is 0.